The SMILES string of the molecule is O=S(=O)(N=C1C=C2N(CCO)CCO[C@@]2(O)c2ccccc21)c1ccc(Br)cc1. The van der Waals surface area contributed by atoms with Crippen molar-refractivity contribution >= 4 is 31.7 Å². The molecule has 1 heterocycles. The molecule has 0 radical (unpaired) electrons. The summed E-state index contributed by atoms with van der Waals surface area (Å²) in [7, 11) is -3.97. The van der Waals surface area contributed by atoms with Crippen molar-refractivity contribution in [3.63, 3.8) is 0 Å². The van der Waals surface area contributed by atoms with Crippen molar-refractivity contribution in [2.24, 2.45) is 4.40 Å². The highest BCUT2D eigenvalue weighted by atomic mass is 79.9. The quantitative estimate of drug-likeness (QED) is 0.696. The maximum Gasteiger partial charge on any atom is 0.282 e. The van der Waals surface area contributed by atoms with E-state index in [1.807, 2.05) is 0 Å². The number of aliphatic hydroxyl groups is 2. The molecule has 1 fully saturated rings. The van der Waals surface area contributed by atoms with E-state index in [4.69, 9.17) is 4.74 Å². The van der Waals surface area contributed by atoms with Crippen LogP contribution in [0.25, 0.3) is 0 Å². The largest absolute Gasteiger partial charge is 0.395 e. The fraction of sp³-hybridized carbons (Fsp3) is 0.250. The van der Waals surface area contributed by atoms with E-state index in [1.54, 1.807) is 41.3 Å². The van der Waals surface area contributed by atoms with E-state index in [1.165, 1.54) is 18.2 Å². The second kappa shape index (κ2) is 7.66. The number of morpholine rings is 1. The Morgan fingerprint density at radius 3 is 2.62 bits per heavy atom. The lowest BCUT2D eigenvalue weighted by atomic mass is 9.86. The van der Waals surface area contributed by atoms with Gasteiger partial charge in [-0.1, -0.05) is 40.2 Å². The van der Waals surface area contributed by atoms with E-state index in [9.17, 15) is 18.6 Å². The molecule has 7 nitrogen and oxygen atoms in total. The van der Waals surface area contributed by atoms with Crippen LogP contribution in [0.5, 0.6) is 0 Å². The van der Waals surface area contributed by atoms with Crippen molar-refractivity contribution in [3.8, 4) is 0 Å². The Morgan fingerprint density at radius 2 is 1.90 bits per heavy atom. The Labute approximate surface area is 177 Å². The van der Waals surface area contributed by atoms with E-state index in [2.05, 4.69) is 20.3 Å². The summed E-state index contributed by atoms with van der Waals surface area (Å²) in [4.78, 5) is 1.85. The van der Waals surface area contributed by atoms with Gasteiger partial charge in [-0.2, -0.15) is 12.8 Å². The smallest absolute Gasteiger partial charge is 0.282 e. The van der Waals surface area contributed by atoms with Crippen LogP contribution in [0.3, 0.4) is 0 Å². The number of sulfonamides is 1. The number of allylic oxidation sites excluding steroid dienone is 1. The highest BCUT2D eigenvalue weighted by molar-refractivity contribution is 9.10. The Kier molecular flexibility index (Phi) is 5.34. The molecule has 1 saturated heterocycles. The average molecular weight is 479 g/mol. The van der Waals surface area contributed by atoms with E-state index >= 15 is 0 Å². The number of hydrogen-bond acceptors (Lipinski definition) is 6. The molecule has 0 unspecified atom stereocenters. The summed E-state index contributed by atoms with van der Waals surface area (Å²) in [6, 6.07) is 13.1. The third-order valence-electron chi connectivity index (χ3n) is 4.90. The highest BCUT2D eigenvalue weighted by Gasteiger charge is 2.46. The van der Waals surface area contributed by atoms with Crippen LogP contribution < -0.4 is 0 Å². The monoisotopic (exact) mass is 478 g/mol. The zero-order valence-electron chi connectivity index (χ0n) is 15.3. The number of ether oxygens (including phenoxy) is 1. The lowest BCUT2D eigenvalue weighted by Crippen LogP contribution is -2.50. The molecule has 9 heteroatoms. The number of nitrogens with zero attached hydrogens (tertiary/aromatic N) is 2. The van der Waals surface area contributed by atoms with Gasteiger partial charge in [0.05, 0.1) is 29.5 Å². The molecule has 29 heavy (non-hydrogen) atoms. The van der Waals surface area contributed by atoms with Gasteiger partial charge < -0.3 is 19.8 Å². The lowest BCUT2D eigenvalue weighted by Gasteiger charge is -2.45. The number of rotatable bonds is 4. The summed E-state index contributed by atoms with van der Waals surface area (Å²) in [6.07, 6.45) is 1.52. The van der Waals surface area contributed by atoms with Gasteiger partial charge in [0.25, 0.3) is 10.0 Å². The Balaban J connectivity index is 1.88. The first-order chi connectivity index (χ1) is 13.8. The average Bonchev–Trinajstić information content (AvgIpc) is 2.70. The van der Waals surface area contributed by atoms with Gasteiger partial charge in [-0.3, -0.25) is 0 Å². The van der Waals surface area contributed by atoms with Crippen LogP contribution in [0.1, 0.15) is 11.1 Å². The summed E-state index contributed by atoms with van der Waals surface area (Å²) in [6.45, 7) is 0.903. The minimum absolute atomic E-state index is 0.0667. The lowest BCUT2D eigenvalue weighted by molar-refractivity contribution is -0.219. The minimum Gasteiger partial charge on any atom is -0.395 e. The third kappa shape index (κ3) is 3.64. The molecule has 2 N–H and O–H groups in total. The van der Waals surface area contributed by atoms with E-state index in [0.29, 0.717) is 23.4 Å². The summed E-state index contributed by atoms with van der Waals surface area (Å²) < 4.78 is 36.3. The number of aliphatic hydroxyl groups excluding tert-OH is 1. The summed E-state index contributed by atoms with van der Waals surface area (Å²) in [5.41, 5.74) is 1.47. The number of halogens is 1. The normalized spacial score (nSPS) is 22.8. The van der Waals surface area contributed by atoms with Gasteiger partial charge in [-0.15, -0.1) is 0 Å². The molecule has 1 aliphatic carbocycles. The van der Waals surface area contributed by atoms with Crippen LogP contribution >= 0.6 is 15.9 Å². The molecule has 1 aliphatic heterocycles. The van der Waals surface area contributed by atoms with E-state index in [0.717, 1.165) is 4.47 Å². The van der Waals surface area contributed by atoms with Crippen LogP contribution in [0.4, 0.5) is 0 Å². The Bertz CT molecular complexity index is 1100. The predicted octanol–water partition coefficient (Wildman–Crippen LogP) is 1.99. The topological polar surface area (TPSA) is 99.4 Å². The Hall–Kier alpha value is -2.04. The minimum atomic E-state index is -3.97. The van der Waals surface area contributed by atoms with Gasteiger partial charge in [0, 0.05) is 28.7 Å². The van der Waals surface area contributed by atoms with Crippen LogP contribution in [0.15, 0.2) is 74.1 Å². The number of benzene rings is 2. The molecule has 0 saturated carbocycles. The third-order valence-corrected chi connectivity index (χ3v) is 6.74. The number of hydrogen-bond donors (Lipinski definition) is 2. The van der Waals surface area contributed by atoms with Gasteiger partial charge in [-0.25, -0.2) is 0 Å². The molecule has 2 aromatic rings. The van der Waals surface area contributed by atoms with Crippen molar-refractivity contribution in [3.05, 3.63) is 75.9 Å². The van der Waals surface area contributed by atoms with Crippen molar-refractivity contribution in [1.29, 1.82) is 0 Å². The van der Waals surface area contributed by atoms with Crippen molar-refractivity contribution in [2.45, 2.75) is 10.7 Å². The second-order valence-corrected chi connectivity index (χ2v) is 9.20. The van der Waals surface area contributed by atoms with Gasteiger partial charge in [-0.05, 0) is 30.3 Å². The molecule has 2 aliphatic rings. The standard InChI is InChI=1S/C20H19BrN2O5S/c21-14-5-7-15(8-6-14)29(26,27)22-18-13-19-20(25,17-4-2-1-3-16(17)18)28-12-10-23(19)9-11-24/h1-8,13,24-25H,9-12H2/t20-/m0/s1. The molecule has 0 aromatic heterocycles. The fourth-order valence-corrected chi connectivity index (χ4v) is 4.80. The van der Waals surface area contributed by atoms with Gasteiger partial charge in [0.15, 0.2) is 0 Å². The zero-order chi connectivity index (χ0) is 20.6. The van der Waals surface area contributed by atoms with Crippen LogP contribution in [-0.4, -0.2) is 55.5 Å². The Morgan fingerprint density at radius 1 is 1.17 bits per heavy atom. The summed E-state index contributed by atoms with van der Waals surface area (Å²) in [5, 5.41) is 20.7. The predicted molar refractivity (Wildman–Crippen MR) is 111 cm³/mol. The summed E-state index contributed by atoms with van der Waals surface area (Å²) >= 11 is 3.29. The highest BCUT2D eigenvalue weighted by Crippen LogP contribution is 2.41. The van der Waals surface area contributed by atoms with Gasteiger partial charge in [0.2, 0.25) is 5.79 Å². The first-order valence-electron chi connectivity index (χ1n) is 9.00. The second-order valence-electron chi connectivity index (χ2n) is 6.68. The number of β-amino-alcohol motifs (C(OH)–C–C–N with tert-alkyl or cyclic N) is 1. The molecule has 1 atom stereocenters. The molecule has 4 rings (SSSR count). The maximum atomic E-state index is 12.9. The molecule has 0 bridgehead atoms. The molecular formula is C20H19BrN2O5S. The molecular weight excluding hydrogens is 460 g/mol. The van der Waals surface area contributed by atoms with Crippen molar-refractivity contribution in [2.75, 3.05) is 26.3 Å². The zero-order valence-corrected chi connectivity index (χ0v) is 17.7. The molecule has 2 aromatic carbocycles. The number of fused-ring (bicyclic) bond motifs is 3. The molecule has 0 spiro atoms. The van der Waals surface area contributed by atoms with E-state index < -0.39 is 15.8 Å². The van der Waals surface area contributed by atoms with Crippen LogP contribution in [0.2, 0.25) is 0 Å². The summed E-state index contributed by atoms with van der Waals surface area (Å²) in [5.74, 6) is -1.72. The maximum absolute atomic E-state index is 12.9. The van der Waals surface area contributed by atoms with Crippen LogP contribution in [-0.2, 0) is 20.5 Å². The first kappa shape index (κ1) is 20.2. The van der Waals surface area contributed by atoms with Crippen molar-refractivity contribution < 1.29 is 23.4 Å². The van der Waals surface area contributed by atoms with Gasteiger partial charge in [0.1, 0.15) is 0 Å². The molecule has 152 valence electrons. The van der Waals surface area contributed by atoms with Crippen LogP contribution in [0, 0.1) is 0 Å². The van der Waals surface area contributed by atoms with Gasteiger partial charge >= 0.3 is 0 Å². The fourth-order valence-electron chi connectivity index (χ4n) is 3.54. The van der Waals surface area contributed by atoms with Crippen molar-refractivity contribution in [1.82, 2.24) is 4.90 Å². The molecule has 0 amide bonds. The first-order valence-corrected chi connectivity index (χ1v) is 11.2. The van der Waals surface area contributed by atoms with E-state index in [-0.39, 0.29) is 30.4 Å².